The van der Waals surface area contributed by atoms with Gasteiger partial charge in [0.15, 0.2) is 5.82 Å². The Balaban J connectivity index is 1.26. The minimum absolute atomic E-state index is 0.0931. The van der Waals surface area contributed by atoms with Crippen molar-refractivity contribution >= 4 is 16.9 Å². The lowest BCUT2D eigenvalue weighted by Crippen LogP contribution is -2.37. The van der Waals surface area contributed by atoms with Gasteiger partial charge in [0.25, 0.3) is 5.56 Å². The summed E-state index contributed by atoms with van der Waals surface area (Å²) in [5.41, 5.74) is 3.93. The van der Waals surface area contributed by atoms with Crippen LogP contribution < -0.4 is 10.5 Å². The average molecular weight is 375 g/mol. The molecule has 2 aliphatic rings. The van der Waals surface area contributed by atoms with E-state index in [4.69, 9.17) is 9.97 Å². The number of piperidine rings is 1. The third kappa shape index (κ3) is 3.39. The van der Waals surface area contributed by atoms with E-state index in [0.29, 0.717) is 11.8 Å². The molecule has 144 valence electrons. The zero-order chi connectivity index (χ0) is 19.1. The van der Waals surface area contributed by atoms with Crippen molar-refractivity contribution in [3.63, 3.8) is 0 Å². The molecule has 1 aromatic carbocycles. The molecule has 0 spiro atoms. The van der Waals surface area contributed by atoms with Crippen molar-refractivity contribution in [1.29, 1.82) is 0 Å². The zero-order valence-corrected chi connectivity index (χ0v) is 16.2. The van der Waals surface area contributed by atoms with E-state index in [-0.39, 0.29) is 5.56 Å². The fourth-order valence-corrected chi connectivity index (χ4v) is 4.16. The van der Waals surface area contributed by atoms with E-state index in [2.05, 4.69) is 9.88 Å². The lowest BCUT2D eigenvalue weighted by Gasteiger charge is -2.33. The first kappa shape index (κ1) is 17.3. The highest BCUT2D eigenvalue weighted by Gasteiger charge is 2.26. The van der Waals surface area contributed by atoms with Gasteiger partial charge in [0.2, 0.25) is 0 Å². The first-order chi connectivity index (χ1) is 13.7. The Kier molecular flexibility index (Phi) is 4.34. The van der Waals surface area contributed by atoms with Crippen molar-refractivity contribution in [2.24, 2.45) is 5.92 Å². The monoisotopic (exact) mass is 375 g/mol. The summed E-state index contributed by atoms with van der Waals surface area (Å²) in [5.74, 6) is 2.01. The van der Waals surface area contributed by atoms with Crippen LogP contribution in [0.1, 0.15) is 43.0 Å². The van der Waals surface area contributed by atoms with Gasteiger partial charge in [-0.25, -0.2) is 15.0 Å². The molecule has 28 heavy (non-hydrogen) atoms. The van der Waals surface area contributed by atoms with Gasteiger partial charge >= 0.3 is 0 Å². The molecule has 6 nitrogen and oxygen atoms in total. The normalized spacial score (nSPS) is 18.0. The number of benzene rings is 1. The van der Waals surface area contributed by atoms with E-state index in [1.165, 1.54) is 12.8 Å². The Labute approximate surface area is 164 Å². The van der Waals surface area contributed by atoms with Gasteiger partial charge in [0, 0.05) is 31.6 Å². The molecule has 1 saturated heterocycles. The van der Waals surface area contributed by atoms with Crippen molar-refractivity contribution in [1.82, 2.24) is 19.5 Å². The fourth-order valence-electron chi connectivity index (χ4n) is 4.16. The Morgan fingerprint density at radius 1 is 1.04 bits per heavy atom. The van der Waals surface area contributed by atoms with Gasteiger partial charge in [0.05, 0.1) is 28.7 Å². The Bertz CT molecular complexity index is 1060. The fraction of sp³-hybridized carbons (Fsp3) is 0.455. The average Bonchev–Trinajstić information content (AvgIpc) is 3.55. The van der Waals surface area contributed by atoms with Crippen molar-refractivity contribution < 1.29 is 0 Å². The van der Waals surface area contributed by atoms with E-state index >= 15 is 0 Å². The maximum atomic E-state index is 12.4. The molecule has 2 fully saturated rings. The molecule has 1 aliphatic carbocycles. The molecular formula is C22H25N5O. The number of para-hydroxylation sites is 2. The van der Waals surface area contributed by atoms with Crippen molar-refractivity contribution in [2.75, 3.05) is 18.0 Å². The molecule has 0 unspecified atom stereocenters. The predicted octanol–water partition coefficient (Wildman–Crippen LogP) is 3.29. The van der Waals surface area contributed by atoms with Crippen LogP contribution in [-0.4, -0.2) is 32.6 Å². The second-order valence-electron chi connectivity index (χ2n) is 8.13. The first-order valence-electron chi connectivity index (χ1n) is 10.2. The topological polar surface area (TPSA) is 63.9 Å². The highest BCUT2D eigenvalue weighted by atomic mass is 16.1. The quantitative estimate of drug-likeness (QED) is 0.700. The van der Waals surface area contributed by atoms with Crippen LogP contribution in [0.25, 0.3) is 11.0 Å². The van der Waals surface area contributed by atoms with Crippen molar-refractivity contribution in [3.8, 4) is 0 Å². The number of aryl methyl sites for hydroxylation is 1. The standard InChI is InChI=1S/C22H25N5O/c1-15-22(25-19-5-3-2-4-18(19)24-15)26-10-8-16(9-11-26)13-27-14-23-20(12-21(27)28)17-6-7-17/h2-5,12,14,16-17H,6-11,13H2,1H3. The number of anilines is 1. The largest absolute Gasteiger partial charge is 0.355 e. The number of aromatic nitrogens is 4. The van der Waals surface area contributed by atoms with Crippen LogP contribution in [0.5, 0.6) is 0 Å². The van der Waals surface area contributed by atoms with Gasteiger partial charge in [-0.1, -0.05) is 12.1 Å². The molecule has 5 rings (SSSR count). The van der Waals surface area contributed by atoms with Crippen LogP contribution in [0.15, 0.2) is 41.5 Å². The third-order valence-electron chi connectivity index (χ3n) is 5.99. The molecule has 1 saturated carbocycles. The number of fused-ring (bicyclic) bond motifs is 1. The molecule has 0 atom stereocenters. The molecule has 0 amide bonds. The highest BCUT2D eigenvalue weighted by molar-refractivity contribution is 5.76. The first-order valence-corrected chi connectivity index (χ1v) is 10.2. The van der Waals surface area contributed by atoms with E-state index < -0.39 is 0 Å². The van der Waals surface area contributed by atoms with Gasteiger partial charge in [0.1, 0.15) is 0 Å². The molecule has 2 aromatic heterocycles. The third-order valence-corrected chi connectivity index (χ3v) is 5.99. The molecule has 6 heteroatoms. The van der Waals surface area contributed by atoms with Gasteiger partial charge in [-0.05, 0) is 50.7 Å². The molecule has 3 heterocycles. The van der Waals surface area contributed by atoms with Crippen LogP contribution in [0, 0.1) is 12.8 Å². The predicted molar refractivity (Wildman–Crippen MR) is 110 cm³/mol. The van der Waals surface area contributed by atoms with E-state index in [9.17, 15) is 4.79 Å². The summed E-state index contributed by atoms with van der Waals surface area (Å²) >= 11 is 0. The maximum Gasteiger partial charge on any atom is 0.253 e. The molecule has 1 aliphatic heterocycles. The number of hydrogen-bond donors (Lipinski definition) is 0. The molecule has 3 aromatic rings. The molecular weight excluding hydrogens is 350 g/mol. The smallest absolute Gasteiger partial charge is 0.253 e. The highest BCUT2D eigenvalue weighted by Crippen LogP contribution is 2.38. The summed E-state index contributed by atoms with van der Waals surface area (Å²) in [6.07, 6.45) is 6.19. The van der Waals surface area contributed by atoms with Gasteiger partial charge in [-0.2, -0.15) is 0 Å². The van der Waals surface area contributed by atoms with Crippen molar-refractivity contribution in [2.45, 2.75) is 45.1 Å². The summed E-state index contributed by atoms with van der Waals surface area (Å²) in [5, 5.41) is 0. The summed E-state index contributed by atoms with van der Waals surface area (Å²) < 4.78 is 1.79. The lowest BCUT2D eigenvalue weighted by molar-refractivity contribution is 0.349. The van der Waals surface area contributed by atoms with E-state index in [0.717, 1.165) is 60.7 Å². The zero-order valence-electron chi connectivity index (χ0n) is 16.2. The van der Waals surface area contributed by atoms with Crippen molar-refractivity contribution in [3.05, 3.63) is 58.4 Å². The summed E-state index contributed by atoms with van der Waals surface area (Å²) in [6.45, 7) is 4.68. The number of rotatable bonds is 4. The molecule has 0 radical (unpaired) electrons. The Morgan fingerprint density at radius 3 is 2.43 bits per heavy atom. The van der Waals surface area contributed by atoms with Crippen LogP contribution in [0.2, 0.25) is 0 Å². The summed E-state index contributed by atoms with van der Waals surface area (Å²) in [6, 6.07) is 9.76. The Hall–Kier alpha value is -2.76. The van der Waals surface area contributed by atoms with E-state index in [1.807, 2.05) is 31.2 Å². The van der Waals surface area contributed by atoms with Crippen LogP contribution in [-0.2, 0) is 6.54 Å². The Morgan fingerprint density at radius 2 is 1.75 bits per heavy atom. The van der Waals surface area contributed by atoms with Gasteiger partial charge in [-0.15, -0.1) is 0 Å². The van der Waals surface area contributed by atoms with Gasteiger partial charge in [-0.3, -0.25) is 9.36 Å². The second-order valence-corrected chi connectivity index (χ2v) is 8.13. The molecule has 0 N–H and O–H groups in total. The van der Waals surface area contributed by atoms with Crippen LogP contribution in [0.3, 0.4) is 0 Å². The minimum atomic E-state index is 0.0931. The minimum Gasteiger partial charge on any atom is -0.355 e. The SMILES string of the molecule is Cc1nc2ccccc2nc1N1CCC(Cn2cnc(C3CC3)cc2=O)CC1. The van der Waals surface area contributed by atoms with Crippen LogP contribution >= 0.6 is 0 Å². The number of hydrogen-bond acceptors (Lipinski definition) is 5. The molecule has 0 bridgehead atoms. The van der Waals surface area contributed by atoms with Gasteiger partial charge < -0.3 is 4.90 Å². The second kappa shape index (κ2) is 7.00. The number of nitrogens with zero attached hydrogens (tertiary/aromatic N) is 5. The van der Waals surface area contributed by atoms with E-state index in [1.54, 1.807) is 17.0 Å². The lowest BCUT2D eigenvalue weighted by atomic mass is 9.96. The summed E-state index contributed by atoms with van der Waals surface area (Å²) in [7, 11) is 0. The summed E-state index contributed by atoms with van der Waals surface area (Å²) in [4.78, 5) is 28.8. The maximum absolute atomic E-state index is 12.4. The van der Waals surface area contributed by atoms with Crippen LogP contribution in [0.4, 0.5) is 5.82 Å².